The van der Waals surface area contributed by atoms with E-state index in [1.54, 1.807) is 17.1 Å². The summed E-state index contributed by atoms with van der Waals surface area (Å²) in [6.07, 6.45) is 3.40. The molecule has 0 radical (unpaired) electrons. The van der Waals surface area contributed by atoms with Crippen molar-refractivity contribution < 1.29 is 0 Å². The second-order valence-electron chi connectivity index (χ2n) is 2.55. The van der Waals surface area contributed by atoms with Crippen LogP contribution in [-0.2, 0) is 0 Å². The standard InChI is InChI=1S/C8H7BrN4/c9-7-5-6(1-2-8(7)10)13-4-3-11-12-13/h1-5H,10H2. The molecule has 66 valence electrons. The fourth-order valence-corrected chi connectivity index (χ4v) is 1.37. The lowest BCUT2D eigenvalue weighted by molar-refractivity contribution is 0.803. The average Bonchev–Trinajstić information content (AvgIpc) is 2.62. The van der Waals surface area contributed by atoms with Crippen molar-refractivity contribution >= 4 is 21.6 Å². The van der Waals surface area contributed by atoms with Gasteiger partial charge in [-0.05, 0) is 34.1 Å². The molecule has 1 aromatic carbocycles. The number of hydrogen-bond acceptors (Lipinski definition) is 3. The minimum absolute atomic E-state index is 0.712. The van der Waals surface area contributed by atoms with E-state index in [4.69, 9.17) is 5.73 Å². The average molecular weight is 239 g/mol. The van der Waals surface area contributed by atoms with Crippen molar-refractivity contribution in [2.24, 2.45) is 0 Å². The number of nitrogen functional groups attached to an aromatic ring is 1. The van der Waals surface area contributed by atoms with Crippen molar-refractivity contribution in [1.82, 2.24) is 15.0 Å². The minimum atomic E-state index is 0.712. The van der Waals surface area contributed by atoms with Crippen LogP contribution in [0.1, 0.15) is 0 Å². The molecule has 0 bridgehead atoms. The Kier molecular flexibility index (Phi) is 2.02. The highest BCUT2D eigenvalue weighted by Gasteiger charge is 1.99. The number of nitrogens with two attached hydrogens (primary N) is 1. The Balaban J connectivity index is 2.49. The second kappa shape index (κ2) is 3.18. The Hall–Kier alpha value is -1.36. The molecule has 2 N–H and O–H groups in total. The van der Waals surface area contributed by atoms with E-state index in [1.165, 1.54) is 0 Å². The molecule has 0 unspecified atom stereocenters. The molecule has 2 rings (SSSR count). The molecule has 0 aliphatic heterocycles. The Morgan fingerprint density at radius 3 is 2.85 bits per heavy atom. The van der Waals surface area contributed by atoms with Crippen LogP contribution in [0.25, 0.3) is 5.69 Å². The molecule has 2 aromatic rings. The van der Waals surface area contributed by atoms with Gasteiger partial charge in [0.05, 0.1) is 18.1 Å². The van der Waals surface area contributed by atoms with Gasteiger partial charge in [0.25, 0.3) is 0 Å². The van der Waals surface area contributed by atoms with Gasteiger partial charge in [-0.3, -0.25) is 0 Å². The van der Waals surface area contributed by atoms with Crippen LogP contribution in [0.4, 0.5) is 5.69 Å². The van der Waals surface area contributed by atoms with Gasteiger partial charge in [-0.2, -0.15) is 0 Å². The molecular formula is C8H7BrN4. The Bertz CT molecular complexity index is 410. The zero-order chi connectivity index (χ0) is 9.26. The molecule has 1 aromatic heterocycles. The molecule has 5 heteroatoms. The molecule has 0 amide bonds. The Morgan fingerprint density at radius 2 is 2.23 bits per heavy atom. The maximum Gasteiger partial charge on any atom is 0.0697 e. The summed E-state index contributed by atoms with van der Waals surface area (Å²) in [5.41, 5.74) is 7.29. The summed E-state index contributed by atoms with van der Waals surface area (Å²) >= 11 is 3.35. The first kappa shape index (κ1) is 8.25. The van der Waals surface area contributed by atoms with Crippen LogP contribution in [0.2, 0.25) is 0 Å². The molecule has 0 aliphatic carbocycles. The SMILES string of the molecule is Nc1ccc(-n2ccnn2)cc1Br. The predicted molar refractivity (Wildman–Crippen MR) is 53.5 cm³/mol. The molecule has 0 atom stereocenters. The first-order valence-corrected chi connectivity index (χ1v) is 4.48. The fraction of sp³-hybridized carbons (Fsp3) is 0. The molecule has 0 saturated carbocycles. The van der Waals surface area contributed by atoms with E-state index in [9.17, 15) is 0 Å². The largest absolute Gasteiger partial charge is 0.398 e. The first-order valence-electron chi connectivity index (χ1n) is 3.69. The van der Waals surface area contributed by atoms with E-state index in [0.717, 1.165) is 10.2 Å². The number of nitrogens with zero attached hydrogens (tertiary/aromatic N) is 3. The van der Waals surface area contributed by atoms with Crippen molar-refractivity contribution in [3.05, 3.63) is 35.1 Å². The van der Waals surface area contributed by atoms with Gasteiger partial charge in [-0.25, -0.2) is 4.68 Å². The van der Waals surface area contributed by atoms with Gasteiger partial charge in [0.2, 0.25) is 0 Å². The van der Waals surface area contributed by atoms with Crippen molar-refractivity contribution in [2.45, 2.75) is 0 Å². The molecule has 0 aliphatic rings. The van der Waals surface area contributed by atoms with E-state index in [-0.39, 0.29) is 0 Å². The van der Waals surface area contributed by atoms with Crippen molar-refractivity contribution in [3.63, 3.8) is 0 Å². The maximum atomic E-state index is 5.65. The summed E-state index contributed by atoms with van der Waals surface area (Å²) in [6.45, 7) is 0. The molecular weight excluding hydrogens is 232 g/mol. The number of aromatic nitrogens is 3. The third kappa shape index (κ3) is 1.55. The maximum absolute atomic E-state index is 5.65. The van der Waals surface area contributed by atoms with Gasteiger partial charge in [0.15, 0.2) is 0 Å². The zero-order valence-electron chi connectivity index (χ0n) is 6.68. The smallest absolute Gasteiger partial charge is 0.0697 e. The number of hydrogen-bond donors (Lipinski definition) is 1. The van der Waals surface area contributed by atoms with Crippen LogP contribution in [0, 0.1) is 0 Å². The number of rotatable bonds is 1. The van der Waals surface area contributed by atoms with E-state index < -0.39 is 0 Å². The van der Waals surface area contributed by atoms with E-state index >= 15 is 0 Å². The summed E-state index contributed by atoms with van der Waals surface area (Å²) in [4.78, 5) is 0. The highest BCUT2D eigenvalue weighted by atomic mass is 79.9. The lowest BCUT2D eigenvalue weighted by Crippen LogP contribution is -1.96. The van der Waals surface area contributed by atoms with Crippen molar-refractivity contribution in [2.75, 3.05) is 5.73 Å². The van der Waals surface area contributed by atoms with Crippen molar-refractivity contribution in [1.29, 1.82) is 0 Å². The molecule has 13 heavy (non-hydrogen) atoms. The van der Waals surface area contributed by atoms with Crippen LogP contribution < -0.4 is 5.73 Å². The molecule has 1 heterocycles. The summed E-state index contributed by atoms with van der Waals surface area (Å²) in [7, 11) is 0. The summed E-state index contributed by atoms with van der Waals surface area (Å²) in [6, 6.07) is 5.60. The minimum Gasteiger partial charge on any atom is -0.398 e. The molecule has 0 saturated heterocycles. The van der Waals surface area contributed by atoms with E-state index in [0.29, 0.717) is 5.69 Å². The summed E-state index contributed by atoms with van der Waals surface area (Å²) < 4.78 is 2.53. The van der Waals surface area contributed by atoms with E-state index in [1.807, 2.05) is 18.2 Å². The van der Waals surface area contributed by atoms with Crippen LogP contribution in [0.5, 0.6) is 0 Å². The fourth-order valence-electron chi connectivity index (χ4n) is 1.00. The quantitative estimate of drug-likeness (QED) is 0.769. The van der Waals surface area contributed by atoms with Gasteiger partial charge in [0, 0.05) is 10.2 Å². The topological polar surface area (TPSA) is 56.7 Å². The van der Waals surface area contributed by atoms with Gasteiger partial charge in [-0.15, -0.1) is 5.10 Å². The van der Waals surface area contributed by atoms with Crippen LogP contribution in [-0.4, -0.2) is 15.0 Å². The first-order chi connectivity index (χ1) is 6.27. The second-order valence-corrected chi connectivity index (χ2v) is 3.41. The third-order valence-corrected chi connectivity index (χ3v) is 2.36. The van der Waals surface area contributed by atoms with Crippen LogP contribution >= 0.6 is 15.9 Å². The summed E-state index contributed by atoms with van der Waals surface area (Å²) in [5, 5.41) is 7.58. The Morgan fingerprint density at radius 1 is 1.38 bits per heavy atom. The summed E-state index contributed by atoms with van der Waals surface area (Å²) in [5.74, 6) is 0. The van der Waals surface area contributed by atoms with E-state index in [2.05, 4.69) is 26.2 Å². The van der Waals surface area contributed by atoms with Crippen LogP contribution in [0.3, 0.4) is 0 Å². The predicted octanol–water partition coefficient (Wildman–Crippen LogP) is 1.61. The third-order valence-electron chi connectivity index (χ3n) is 1.67. The number of anilines is 1. The zero-order valence-corrected chi connectivity index (χ0v) is 8.27. The molecule has 4 nitrogen and oxygen atoms in total. The normalized spacial score (nSPS) is 10.2. The number of benzene rings is 1. The molecule has 0 spiro atoms. The van der Waals surface area contributed by atoms with Gasteiger partial charge >= 0.3 is 0 Å². The van der Waals surface area contributed by atoms with Gasteiger partial charge < -0.3 is 5.73 Å². The van der Waals surface area contributed by atoms with Gasteiger partial charge in [0.1, 0.15) is 0 Å². The molecule has 0 fully saturated rings. The highest BCUT2D eigenvalue weighted by Crippen LogP contribution is 2.21. The van der Waals surface area contributed by atoms with Gasteiger partial charge in [-0.1, -0.05) is 5.21 Å². The Labute approximate surface area is 83.5 Å². The van der Waals surface area contributed by atoms with Crippen molar-refractivity contribution in [3.8, 4) is 5.69 Å². The lowest BCUT2D eigenvalue weighted by Gasteiger charge is -2.02. The lowest BCUT2D eigenvalue weighted by atomic mass is 10.3. The number of halogens is 1. The monoisotopic (exact) mass is 238 g/mol. The van der Waals surface area contributed by atoms with Crippen LogP contribution in [0.15, 0.2) is 35.1 Å². The highest BCUT2D eigenvalue weighted by molar-refractivity contribution is 9.10.